The van der Waals surface area contributed by atoms with Gasteiger partial charge in [0.05, 0.1) is 10.7 Å². The minimum Gasteiger partial charge on any atom is -0.363 e. The summed E-state index contributed by atoms with van der Waals surface area (Å²) in [6.07, 6.45) is 2.19. The van der Waals surface area contributed by atoms with Crippen LogP contribution >= 0.6 is 23.2 Å². The Balaban J connectivity index is 2.30. The van der Waals surface area contributed by atoms with E-state index in [0.717, 1.165) is 24.5 Å². The van der Waals surface area contributed by atoms with E-state index < -0.39 is 0 Å². The third-order valence-corrected chi connectivity index (χ3v) is 3.03. The molecule has 1 heterocycles. The lowest BCUT2D eigenvalue weighted by atomic mass is 10.3. The van der Waals surface area contributed by atoms with Gasteiger partial charge < -0.3 is 4.90 Å². The van der Waals surface area contributed by atoms with Gasteiger partial charge in [0.1, 0.15) is 5.84 Å². The molecule has 80 valence electrons. The van der Waals surface area contributed by atoms with Gasteiger partial charge in [-0.2, -0.15) is 0 Å². The molecule has 0 saturated carbocycles. The van der Waals surface area contributed by atoms with Gasteiger partial charge in [0.15, 0.2) is 0 Å². The smallest absolute Gasteiger partial charge is 0.105 e. The molecule has 0 amide bonds. The monoisotopic (exact) mass is 242 g/mol. The quantitative estimate of drug-likeness (QED) is 0.733. The second kappa shape index (κ2) is 4.42. The van der Waals surface area contributed by atoms with Crippen LogP contribution in [0.2, 0.25) is 10.0 Å². The minimum absolute atomic E-state index is 0.607. The summed E-state index contributed by atoms with van der Waals surface area (Å²) in [6, 6.07) is 5.38. The van der Waals surface area contributed by atoms with E-state index in [-0.39, 0.29) is 0 Å². The van der Waals surface area contributed by atoms with Gasteiger partial charge in [-0.1, -0.05) is 23.2 Å². The van der Waals surface area contributed by atoms with E-state index in [1.807, 2.05) is 12.1 Å². The first-order valence-electron chi connectivity index (χ1n) is 4.90. The highest BCUT2D eigenvalue weighted by atomic mass is 35.5. The fraction of sp³-hybridized carbons (Fsp3) is 0.364. The molecule has 0 aromatic heterocycles. The van der Waals surface area contributed by atoms with Crippen molar-refractivity contribution >= 4 is 34.7 Å². The summed E-state index contributed by atoms with van der Waals surface area (Å²) in [5.41, 5.74) is 0.796. The van der Waals surface area contributed by atoms with Gasteiger partial charge in [0.2, 0.25) is 0 Å². The van der Waals surface area contributed by atoms with Crippen LogP contribution in [-0.4, -0.2) is 24.3 Å². The lowest BCUT2D eigenvalue weighted by Crippen LogP contribution is -2.18. The zero-order chi connectivity index (χ0) is 10.8. The van der Waals surface area contributed by atoms with Crippen molar-refractivity contribution in [3.05, 3.63) is 28.2 Å². The Morgan fingerprint density at radius 3 is 2.73 bits per heavy atom. The van der Waals surface area contributed by atoms with E-state index >= 15 is 0 Å². The van der Waals surface area contributed by atoms with E-state index in [1.54, 1.807) is 6.07 Å². The Labute approximate surface area is 99.5 Å². The summed E-state index contributed by atoms with van der Waals surface area (Å²) in [6.45, 7) is 1.07. The summed E-state index contributed by atoms with van der Waals surface area (Å²) >= 11 is 11.9. The molecule has 1 saturated heterocycles. The van der Waals surface area contributed by atoms with Crippen molar-refractivity contribution in [2.24, 2.45) is 4.99 Å². The average molecular weight is 243 g/mol. The molecule has 0 N–H and O–H groups in total. The van der Waals surface area contributed by atoms with Crippen LogP contribution in [0.1, 0.15) is 12.8 Å². The van der Waals surface area contributed by atoms with Crippen molar-refractivity contribution < 1.29 is 0 Å². The van der Waals surface area contributed by atoms with E-state index in [2.05, 4.69) is 16.9 Å². The average Bonchev–Trinajstić information content (AvgIpc) is 2.57. The molecule has 0 bridgehead atoms. The fourth-order valence-electron chi connectivity index (χ4n) is 1.65. The number of nitrogens with zero attached hydrogens (tertiary/aromatic N) is 2. The van der Waals surface area contributed by atoms with Gasteiger partial charge in [-0.15, -0.1) is 0 Å². The van der Waals surface area contributed by atoms with Crippen molar-refractivity contribution in [3.8, 4) is 0 Å². The van der Waals surface area contributed by atoms with Crippen molar-refractivity contribution in [3.63, 3.8) is 0 Å². The SMILES string of the molecule is CN1CCCC1=Nc1ccc(Cl)cc1Cl. The Bertz CT molecular complexity index is 402. The molecule has 1 aliphatic rings. The van der Waals surface area contributed by atoms with Gasteiger partial charge in [0.25, 0.3) is 0 Å². The number of amidine groups is 1. The van der Waals surface area contributed by atoms with Crippen LogP contribution in [0.5, 0.6) is 0 Å². The van der Waals surface area contributed by atoms with Gasteiger partial charge >= 0.3 is 0 Å². The second-order valence-electron chi connectivity index (χ2n) is 3.65. The molecule has 15 heavy (non-hydrogen) atoms. The molecule has 0 spiro atoms. The largest absolute Gasteiger partial charge is 0.363 e. The summed E-state index contributed by atoms with van der Waals surface area (Å²) in [7, 11) is 2.05. The molecular formula is C11H12Cl2N2. The number of hydrogen-bond acceptors (Lipinski definition) is 1. The van der Waals surface area contributed by atoms with Gasteiger partial charge in [-0.3, -0.25) is 0 Å². The molecule has 1 fully saturated rings. The maximum absolute atomic E-state index is 6.05. The number of aliphatic imine (C=N–C) groups is 1. The van der Waals surface area contributed by atoms with Crippen LogP contribution in [0.4, 0.5) is 5.69 Å². The second-order valence-corrected chi connectivity index (χ2v) is 4.49. The van der Waals surface area contributed by atoms with Gasteiger partial charge in [0, 0.05) is 25.0 Å². The zero-order valence-electron chi connectivity index (χ0n) is 8.50. The van der Waals surface area contributed by atoms with Crippen molar-refractivity contribution in [2.45, 2.75) is 12.8 Å². The van der Waals surface area contributed by atoms with Crippen LogP contribution in [-0.2, 0) is 0 Å². The Kier molecular flexibility index (Phi) is 3.17. The molecule has 1 aliphatic heterocycles. The molecule has 1 aromatic carbocycles. The molecule has 2 nitrogen and oxygen atoms in total. The van der Waals surface area contributed by atoms with Crippen LogP contribution in [0.25, 0.3) is 0 Å². The molecule has 4 heteroatoms. The van der Waals surface area contributed by atoms with Crippen LogP contribution < -0.4 is 0 Å². The molecule has 2 rings (SSSR count). The first-order chi connectivity index (χ1) is 7.16. The molecular weight excluding hydrogens is 231 g/mol. The topological polar surface area (TPSA) is 15.6 Å². The van der Waals surface area contributed by atoms with Crippen molar-refractivity contribution in [2.75, 3.05) is 13.6 Å². The van der Waals surface area contributed by atoms with Crippen molar-refractivity contribution in [1.29, 1.82) is 0 Å². The van der Waals surface area contributed by atoms with E-state index in [0.29, 0.717) is 10.0 Å². The highest BCUT2D eigenvalue weighted by Crippen LogP contribution is 2.29. The maximum atomic E-state index is 6.05. The first-order valence-corrected chi connectivity index (χ1v) is 5.66. The summed E-state index contributed by atoms with van der Waals surface area (Å²) in [4.78, 5) is 6.69. The van der Waals surface area contributed by atoms with Crippen LogP contribution in [0.3, 0.4) is 0 Å². The molecule has 0 radical (unpaired) electrons. The molecule has 0 aliphatic carbocycles. The minimum atomic E-state index is 0.607. The highest BCUT2D eigenvalue weighted by molar-refractivity contribution is 6.36. The van der Waals surface area contributed by atoms with Gasteiger partial charge in [-0.25, -0.2) is 4.99 Å². The maximum Gasteiger partial charge on any atom is 0.105 e. The Hall–Kier alpha value is -0.730. The summed E-state index contributed by atoms with van der Waals surface area (Å²) < 4.78 is 0. The standard InChI is InChI=1S/C11H12Cl2N2/c1-15-6-2-3-11(15)14-10-5-4-8(12)7-9(10)13/h4-5,7H,2-3,6H2,1H3. The third-order valence-electron chi connectivity index (χ3n) is 2.49. The number of hydrogen-bond donors (Lipinski definition) is 0. The predicted molar refractivity (Wildman–Crippen MR) is 65.4 cm³/mol. The predicted octanol–water partition coefficient (Wildman–Crippen LogP) is 3.75. The third kappa shape index (κ3) is 2.44. The molecule has 0 atom stereocenters. The zero-order valence-corrected chi connectivity index (χ0v) is 10.0. The number of rotatable bonds is 1. The molecule has 0 unspecified atom stereocenters. The van der Waals surface area contributed by atoms with Crippen LogP contribution in [0.15, 0.2) is 23.2 Å². The normalized spacial score (nSPS) is 18.9. The van der Waals surface area contributed by atoms with Gasteiger partial charge in [-0.05, 0) is 24.6 Å². The lowest BCUT2D eigenvalue weighted by molar-refractivity contribution is 0.550. The number of halogens is 2. The highest BCUT2D eigenvalue weighted by Gasteiger charge is 2.14. The fourth-order valence-corrected chi connectivity index (χ4v) is 2.10. The first kappa shape index (κ1) is 10.8. The van der Waals surface area contributed by atoms with E-state index in [1.165, 1.54) is 6.42 Å². The van der Waals surface area contributed by atoms with E-state index in [4.69, 9.17) is 23.2 Å². The van der Waals surface area contributed by atoms with Crippen LogP contribution in [0, 0.1) is 0 Å². The summed E-state index contributed by atoms with van der Waals surface area (Å²) in [5.74, 6) is 1.10. The molecule has 1 aromatic rings. The lowest BCUT2D eigenvalue weighted by Gasteiger charge is -2.11. The summed E-state index contributed by atoms with van der Waals surface area (Å²) in [5, 5.41) is 1.25. The Morgan fingerprint density at radius 1 is 1.33 bits per heavy atom. The Morgan fingerprint density at radius 2 is 2.13 bits per heavy atom. The van der Waals surface area contributed by atoms with Crippen molar-refractivity contribution in [1.82, 2.24) is 4.90 Å². The number of benzene rings is 1. The number of likely N-dealkylation sites (tertiary alicyclic amines) is 1. The van der Waals surface area contributed by atoms with E-state index in [9.17, 15) is 0 Å².